The molecule has 0 aromatic rings. The molecule has 0 aromatic heterocycles. The molecule has 0 aromatic carbocycles. The van der Waals surface area contributed by atoms with E-state index in [0.29, 0.717) is 0 Å². The third kappa shape index (κ3) is 4.24. The van der Waals surface area contributed by atoms with Gasteiger partial charge in [0.15, 0.2) is 12.4 Å². The van der Waals surface area contributed by atoms with Crippen molar-refractivity contribution in [3.05, 3.63) is 11.9 Å². The molecule has 142 valence electrons. The second kappa shape index (κ2) is 6.33. The maximum absolute atomic E-state index is 13.0. The predicted molar refractivity (Wildman–Crippen MR) is 48.6 cm³/mol. The Labute approximate surface area is 123 Å². The van der Waals surface area contributed by atoms with Gasteiger partial charge in [0.25, 0.3) is 0 Å². The molecular formula is C9H4F12O3. The van der Waals surface area contributed by atoms with Crippen molar-refractivity contribution in [1.29, 1.82) is 0 Å². The molecule has 0 saturated heterocycles. The van der Waals surface area contributed by atoms with E-state index < -0.39 is 54.5 Å². The van der Waals surface area contributed by atoms with E-state index in [1.807, 2.05) is 0 Å². The van der Waals surface area contributed by atoms with Crippen molar-refractivity contribution < 1.29 is 67.3 Å². The number of carbonyl (C=O) groups is 1. The molecule has 0 aliphatic heterocycles. The van der Waals surface area contributed by atoms with Crippen LogP contribution in [-0.2, 0) is 9.53 Å². The highest BCUT2D eigenvalue weighted by Gasteiger charge is 2.83. The van der Waals surface area contributed by atoms with Crippen molar-refractivity contribution in [2.24, 2.45) is 0 Å². The minimum atomic E-state index is -7.42. The summed E-state index contributed by atoms with van der Waals surface area (Å²) in [5, 5.41) is 7.89. The summed E-state index contributed by atoms with van der Waals surface area (Å²) >= 11 is 0. The Bertz CT molecular complexity index is 506. The summed E-state index contributed by atoms with van der Waals surface area (Å²) in [7, 11) is 0. The normalized spacial score (nSPS) is 15.6. The molecule has 0 aliphatic rings. The molecule has 24 heavy (non-hydrogen) atoms. The minimum Gasteiger partial charge on any atom is -0.480 e. The van der Waals surface area contributed by atoms with Crippen molar-refractivity contribution in [1.82, 2.24) is 0 Å². The predicted octanol–water partition coefficient (Wildman–Crippen LogP) is 4.00. The van der Waals surface area contributed by atoms with Gasteiger partial charge in [0, 0.05) is 0 Å². The topological polar surface area (TPSA) is 46.5 Å². The first-order valence-corrected chi connectivity index (χ1v) is 5.12. The van der Waals surface area contributed by atoms with Crippen LogP contribution in [0.5, 0.6) is 0 Å². The molecule has 3 nitrogen and oxygen atoms in total. The zero-order chi connectivity index (χ0) is 19.8. The van der Waals surface area contributed by atoms with Crippen molar-refractivity contribution in [2.45, 2.75) is 30.1 Å². The highest BCUT2D eigenvalue weighted by atomic mass is 19.4. The third-order valence-corrected chi connectivity index (χ3v) is 2.12. The van der Waals surface area contributed by atoms with Gasteiger partial charge < -0.3 is 9.84 Å². The summed E-state index contributed by atoms with van der Waals surface area (Å²) in [5.41, 5.74) is 0. The standard InChI is InChI=1S/C9H4F12O3/c10-3(1-5(11,12)13)6(14,15)7(16,17)8(18,19)9(20,21)24-2-4(22)23/h1H,2H2,(H,22,23). The van der Waals surface area contributed by atoms with Gasteiger partial charge in [0.1, 0.15) is 0 Å². The highest BCUT2D eigenvalue weighted by molar-refractivity contribution is 5.68. The lowest BCUT2D eigenvalue weighted by atomic mass is 10.0. The summed E-state index contributed by atoms with van der Waals surface area (Å²) in [6.07, 6.45) is -14.7. The van der Waals surface area contributed by atoms with Gasteiger partial charge in [-0.05, 0) is 0 Å². The van der Waals surface area contributed by atoms with Gasteiger partial charge in [0.2, 0.25) is 0 Å². The van der Waals surface area contributed by atoms with E-state index in [4.69, 9.17) is 5.11 Å². The molecule has 0 amide bonds. The van der Waals surface area contributed by atoms with E-state index >= 15 is 0 Å². The molecular weight excluding hydrogens is 384 g/mol. The van der Waals surface area contributed by atoms with Gasteiger partial charge in [-0.3, -0.25) is 0 Å². The molecule has 0 unspecified atom stereocenters. The fraction of sp³-hybridized carbons (Fsp3) is 0.667. The van der Waals surface area contributed by atoms with Crippen LogP contribution in [0.3, 0.4) is 0 Å². The Morgan fingerprint density at radius 2 is 1.29 bits per heavy atom. The third-order valence-electron chi connectivity index (χ3n) is 2.12. The maximum Gasteiger partial charge on any atom is 0.426 e. The molecule has 0 atom stereocenters. The van der Waals surface area contributed by atoms with E-state index in [1.165, 1.54) is 0 Å². The SMILES string of the molecule is O=C(O)COC(F)(F)C(F)(F)C(F)(F)C(F)(F)C(F)=CC(F)(F)F. The van der Waals surface area contributed by atoms with E-state index in [-0.39, 0.29) is 0 Å². The molecule has 0 fully saturated rings. The lowest BCUT2D eigenvalue weighted by Gasteiger charge is -2.35. The number of carboxylic acids is 1. The number of allylic oxidation sites excluding steroid dienone is 2. The quantitative estimate of drug-likeness (QED) is 0.671. The second-order valence-corrected chi connectivity index (χ2v) is 3.96. The number of aliphatic carboxylic acids is 1. The zero-order valence-electron chi connectivity index (χ0n) is 10.6. The van der Waals surface area contributed by atoms with Crippen LogP contribution in [0.15, 0.2) is 11.9 Å². The summed E-state index contributed by atoms with van der Waals surface area (Å²) in [6, 6.07) is 0. The van der Waals surface area contributed by atoms with Gasteiger partial charge in [-0.2, -0.15) is 48.3 Å². The largest absolute Gasteiger partial charge is 0.480 e. The number of carboxylic acid groups (broad SMARTS) is 1. The molecule has 0 spiro atoms. The summed E-state index contributed by atoms with van der Waals surface area (Å²) in [5.74, 6) is -28.3. The van der Waals surface area contributed by atoms with Gasteiger partial charge >= 0.3 is 36.0 Å². The van der Waals surface area contributed by atoms with Gasteiger partial charge in [-0.25, -0.2) is 9.18 Å². The van der Waals surface area contributed by atoms with Gasteiger partial charge in [0.05, 0.1) is 6.08 Å². The zero-order valence-corrected chi connectivity index (χ0v) is 10.6. The minimum absolute atomic E-state index is 2.13. The van der Waals surface area contributed by atoms with Crippen molar-refractivity contribution >= 4 is 5.97 Å². The monoisotopic (exact) mass is 388 g/mol. The van der Waals surface area contributed by atoms with Crippen LogP contribution in [0.4, 0.5) is 52.7 Å². The van der Waals surface area contributed by atoms with Crippen LogP contribution in [0.1, 0.15) is 0 Å². The number of hydrogen-bond donors (Lipinski definition) is 1. The van der Waals surface area contributed by atoms with Crippen LogP contribution in [0.25, 0.3) is 0 Å². The molecule has 0 heterocycles. The Morgan fingerprint density at radius 3 is 1.62 bits per heavy atom. The Hall–Kier alpha value is -1.67. The van der Waals surface area contributed by atoms with Crippen LogP contribution < -0.4 is 0 Å². The van der Waals surface area contributed by atoms with Crippen LogP contribution in [0.2, 0.25) is 0 Å². The lowest BCUT2D eigenvalue weighted by molar-refractivity contribution is -0.422. The van der Waals surface area contributed by atoms with Crippen molar-refractivity contribution in [3.8, 4) is 0 Å². The molecule has 0 aliphatic carbocycles. The van der Waals surface area contributed by atoms with Crippen LogP contribution >= 0.6 is 0 Å². The highest BCUT2D eigenvalue weighted by Crippen LogP contribution is 2.55. The molecule has 0 radical (unpaired) electrons. The second-order valence-electron chi connectivity index (χ2n) is 3.96. The lowest BCUT2D eigenvalue weighted by Crippen LogP contribution is -2.63. The van der Waals surface area contributed by atoms with E-state index in [0.717, 1.165) is 0 Å². The van der Waals surface area contributed by atoms with E-state index in [9.17, 15) is 57.5 Å². The Balaban J connectivity index is 5.91. The van der Waals surface area contributed by atoms with E-state index in [2.05, 4.69) is 4.74 Å². The first-order chi connectivity index (χ1) is 10.3. The van der Waals surface area contributed by atoms with Crippen LogP contribution in [0, 0.1) is 0 Å². The molecule has 0 bridgehead atoms. The molecule has 1 N–H and O–H groups in total. The van der Waals surface area contributed by atoms with Crippen molar-refractivity contribution in [3.63, 3.8) is 0 Å². The number of hydrogen-bond acceptors (Lipinski definition) is 2. The van der Waals surface area contributed by atoms with E-state index in [1.54, 1.807) is 0 Å². The van der Waals surface area contributed by atoms with Crippen molar-refractivity contribution in [2.75, 3.05) is 6.61 Å². The average Bonchev–Trinajstić information content (AvgIpc) is 2.33. The molecule has 0 rings (SSSR count). The number of rotatable bonds is 7. The van der Waals surface area contributed by atoms with Crippen LogP contribution in [-0.4, -0.2) is 47.7 Å². The Kier molecular flexibility index (Phi) is 5.89. The van der Waals surface area contributed by atoms with Gasteiger partial charge in [-0.15, -0.1) is 0 Å². The summed E-state index contributed by atoms with van der Waals surface area (Å²) < 4.78 is 153. The molecule has 0 saturated carbocycles. The smallest absolute Gasteiger partial charge is 0.426 e. The number of halogens is 12. The fourth-order valence-corrected chi connectivity index (χ4v) is 1.01. The first kappa shape index (κ1) is 22.3. The first-order valence-electron chi connectivity index (χ1n) is 5.12. The fourth-order valence-electron chi connectivity index (χ4n) is 1.01. The molecule has 15 heteroatoms. The Morgan fingerprint density at radius 1 is 0.875 bits per heavy atom. The average molecular weight is 388 g/mol. The summed E-state index contributed by atoms with van der Waals surface area (Å²) in [6.45, 7) is -2.36. The maximum atomic E-state index is 13.0. The number of alkyl halides is 11. The summed E-state index contributed by atoms with van der Waals surface area (Å²) in [4.78, 5) is 9.85. The number of ether oxygens (including phenoxy) is 1. The van der Waals surface area contributed by atoms with Gasteiger partial charge in [-0.1, -0.05) is 0 Å².